The second-order valence-electron chi connectivity index (χ2n) is 3.58. The molecule has 1 unspecified atom stereocenters. The average molecular weight is 217 g/mol. The van der Waals surface area contributed by atoms with Crippen LogP contribution in [0.5, 0.6) is 0 Å². The van der Waals surface area contributed by atoms with Crippen LogP contribution in [0, 0.1) is 11.3 Å². The molecular formula is C13H15NO2. The smallest absolute Gasteiger partial charge is 0.337 e. The molecular weight excluding hydrogens is 202 g/mol. The molecule has 0 N–H and O–H groups in total. The quantitative estimate of drug-likeness (QED) is 0.728. The number of esters is 1. The van der Waals surface area contributed by atoms with Gasteiger partial charge in [-0.05, 0) is 24.1 Å². The summed E-state index contributed by atoms with van der Waals surface area (Å²) in [6.07, 6.45) is 1.81. The first-order valence-electron chi connectivity index (χ1n) is 5.30. The molecule has 0 aliphatic rings. The van der Waals surface area contributed by atoms with Crippen LogP contribution in [0.15, 0.2) is 24.3 Å². The highest BCUT2D eigenvalue weighted by atomic mass is 16.5. The van der Waals surface area contributed by atoms with Gasteiger partial charge in [0.25, 0.3) is 0 Å². The highest BCUT2D eigenvalue weighted by Crippen LogP contribution is 2.20. The van der Waals surface area contributed by atoms with Crippen LogP contribution in [0.3, 0.4) is 0 Å². The first-order valence-corrected chi connectivity index (χ1v) is 5.30. The molecule has 0 amide bonds. The molecule has 0 saturated carbocycles. The molecule has 1 aromatic rings. The van der Waals surface area contributed by atoms with Crippen molar-refractivity contribution in [1.29, 1.82) is 5.26 Å². The molecule has 0 aromatic heterocycles. The summed E-state index contributed by atoms with van der Waals surface area (Å²) in [7, 11) is 1.35. The number of nitriles is 1. The van der Waals surface area contributed by atoms with Gasteiger partial charge in [-0.25, -0.2) is 4.79 Å². The molecule has 0 saturated heterocycles. The highest BCUT2D eigenvalue weighted by Gasteiger charge is 2.10. The topological polar surface area (TPSA) is 50.1 Å². The molecule has 1 aromatic carbocycles. The predicted octanol–water partition coefficient (Wildman–Crippen LogP) is 2.88. The molecule has 0 bridgehead atoms. The summed E-state index contributed by atoms with van der Waals surface area (Å²) in [6.45, 7) is 2.05. The zero-order chi connectivity index (χ0) is 12.0. The van der Waals surface area contributed by atoms with Gasteiger partial charge in [-0.2, -0.15) is 5.26 Å². The number of rotatable bonds is 4. The van der Waals surface area contributed by atoms with Gasteiger partial charge in [-0.3, -0.25) is 0 Å². The molecule has 3 heteroatoms. The number of hydrogen-bond acceptors (Lipinski definition) is 3. The van der Waals surface area contributed by atoms with E-state index in [-0.39, 0.29) is 11.9 Å². The van der Waals surface area contributed by atoms with E-state index in [1.807, 2.05) is 19.1 Å². The maximum absolute atomic E-state index is 11.2. The van der Waals surface area contributed by atoms with Gasteiger partial charge in [-0.15, -0.1) is 0 Å². The fraction of sp³-hybridized carbons (Fsp3) is 0.385. The van der Waals surface area contributed by atoms with E-state index < -0.39 is 0 Å². The Balaban J connectivity index is 2.86. The molecule has 0 heterocycles. The van der Waals surface area contributed by atoms with Crippen LogP contribution in [0.1, 0.15) is 41.6 Å². The molecule has 16 heavy (non-hydrogen) atoms. The van der Waals surface area contributed by atoms with Crippen LogP contribution >= 0.6 is 0 Å². The maximum Gasteiger partial charge on any atom is 0.337 e. The van der Waals surface area contributed by atoms with E-state index in [1.165, 1.54) is 7.11 Å². The fourth-order valence-corrected chi connectivity index (χ4v) is 1.56. The molecule has 3 nitrogen and oxygen atoms in total. The number of methoxy groups -OCH3 is 1. The minimum absolute atomic E-state index is 0.0864. The third-order valence-corrected chi connectivity index (χ3v) is 2.47. The van der Waals surface area contributed by atoms with Gasteiger partial charge in [0.1, 0.15) is 0 Å². The molecule has 0 aliphatic heterocycles. The normalized spacial score (nSPS) is 11.6. The van der Waals surface area contributed by atoms with E-state index in [1.54, 1.807) is 12.1 Å². The van der Waals surface area contributed by atoms with Gasteiger partial charge in [0.15, 0.2) is 0 Å². The summed E-state index contributed by atoms with van der Waals surface area (Å²) < 4.78 is 4.61. The van der Waals surface area contributed by atoms with Gasteiger partial charge in [0.2, 0.25) is 0 Å². The first-order chi connectivity index (χ1) is 7.72. The van der Waals surface area contributed by atoms with Crippen LogP contribution in [0.4, 0.5) is 0 Å². The van der Waals surface area contributed by atoms with Gasteiger partial charge < -0.3 is 4.74 Å². The molecule has 84 valence electrons. The summed E-state index contributed by atoms with van der Waals surface area (Å²) in [5.41, 5.74) is 1.47. The van der Waals surface area contributed by atoms with Crippen molar-refractivity contribution >= 4 is 5.97 Å². The standard InChI is InChI=1S/C13H15NO2/c1-3-4-12(9-14)10-5-7-11(8-6-10)13(15)16-2/h5-8,12H,3-4H2,1-2H3. The predicted molar refractivity (Wildman–Crippen MR) is 61.0 cm³/mol. The van der Waals surface area contributed by atoms with Crippen LogP contribution in [0.25, 0.3) is 0 Å². The van der Waals surface area contributed by atoms with Crippen molar-refractivity contribution in [2.75, 3.05) is 7.11 Å². The Morgan fingerprint density at radius 1 is 1.44 bits per heavy atom. The van der Waals surface area contributed by atoms with E-state index in [4.69, 9.17) is 5.26 Å². The van der Waals surface area contributed by atoms with Crippen molar-refractivity contribution in [1.82, 2.24) is 0 Å². The lowest BCUT2D eigenvalue weighted by molar-refractivity contribution is 0.0600. The van der Waals surface area contributed by atoms with Crippen LogP contribution in [-0.2, 0) is 4.74 Å². The third-order valence-electron chi connectivity index (χ3n) is 2.47. The summed E-state index contributed by atoms with van der Waals surface area (Å²) >= 11 is 0. The Morgan fingerprint density at radius 3 is 2.50 bits per heavy atom. The number of hydrogen-bond donors (Lipinski definition) is 0. The Labute approximate surface area is 95.7 Å². The van der Waals surface area contributed by atoms with Crippen LogP contribution in [0.2, 0.25) is 0 Å². The summed E-state index contributed by atoms with van der Waals surface area (Å²) in [5.74, 6) is -0.438. The van der Waals surface area contributed by atoms with Gasteiger partial charge in [-0.1, -0.05) is 25.5 Å². The maximum atomic E-state index is 11.2. The lowest BCUT2D eigenvalue weighted by Gasteiger charge is -2.08. The fourth-order valence-electron chi connectivity index (χ4n) is 1.56. The van der Waals surface area contributed by atoms with Crippen molar-refractivity contribution in [2.24, 2.45) is 0 Å². The molecule has 0 aliphatic carbocycles. The van der Waals surface area contributed by atoms with Crippen molar-refractivity contribution in [3.63, 3.8) is 0 Å². The number of nitrogens with zero attached hydrogens (tertiary/aromatic N) is 1. The average Bonchev–Trinajstić information content (AvgIpc) is 2.35. The summed E-state index contributed by atoms with van der Waals surface area (Å²) in [5, 5.41) is 8.99. The minimum atomic E-state index is -0.351. The number of benzene rings is 1. The van der Waals surface area contributed by atoms with Gasteiger partial charge in [0, 0.05) is 0 Å². The molecule has 1 rings (SSSR count). The van der Waals surface area contributed by atoms with Crippen molar-refractivity contribution in [2.45, 2.75) is 25.7 Å². The second kappa shape index (κ2) is 5.92. The van der Waals surface area contributed by atoms with Crippen LogP contribution < -0.4 is 0 Å². The van der Waals surface area contributed by atoms with Gasteiger partial charge in [0.05, 0.1) is 24.7 Å². The number of carbonyl (C=O) groups is 1. The molecule has 1 atom stereocenters. The van der Waals surface area contributed by atoms with E-state index >= 15 is 0 Å². The zero-order valence-corrected chi connectivity index (χ0v) is 9.56. The Hall–Kier alpha value is -1.82. The first kappa shape index (κ1) is 12.3. The monoisotopic (exact) mass is 217 g/mol. The lowest BCUT2D eigenvalue weighted by Crippen LogP contribution is -2.02. The van der Waals surface area contributed by atoms with Crippen molar-refractivity contribution in [3.8, 4) is 6.07 Å². The molecule has 0 fully saturated rings. The largest absolute Gasteiger partial charge is 0.465 e. The Morgan fingerprint density at radius 2 is 2.06 bits per heavy atom. The van der Waals surface area contributed by atoms with Gasteiger partial charge >= 0.3 is 5.97 Å². The van der Waals surface area contributed by atoms with E-state index in [2.05, 4.69) is 10.8 Å². The molecule has 0 radical (unpaired) electrons. The lowest BCUT2D eigenvalue weighted by atomic mass is 9.95. The van der Waals surface area contributed by atoms with Crippen molar-refractivity contribution < 1.29 is 9.53 Å². The van der Waals surface area contributed by atoms with Crippen molar-refractivity contribution in [3.05, 3.63) is 35.4 Å². The van der Waals surface area contributed by atoms with E-state index in [9.17, 15) is 4.79 Å². The highest BCUT2D eigenvalue weighted by molar-refractivity contribution is 5.89. The van der Waals surface area contributed by atoms with Crippen LogP contribution in [-0.4, -0.2) is 13.1 Å². The number of carbonyl (C=O) groups excluding carboxylic acids is 1. The third kappa shape index (κ3) is 2.83. The second-order valence-corrected chi connectivity index (χ2v) is 3.58. The van der Waals surface area contributed by atoms with E-state index in [0.29, 0.717) is 5.56 Å². The summed E-state index contributed by atoms with van der Waals surface area (Å²) in [6, 6.07) is 9.29. The zero-order valence-electron chi connectivity index (χ0n) is 9.56. The Kier molecular flexibility index (Phi) is 4.53. The minimum Gasteiger partial charge on any atom is -0.465 e. The summed E-state index contributed by atoms with van der Waals surface area (Å²) in [4.78, 5) is 11.2. The Bertz CT molecular complexity index is 389. The van der Waals surface area contributed by atoms with E-state index in [0.717, 1.165) is 18.4 Å². The number of ether oxygens (including phenoxy) is 1. The SMILES string of the molecule is CCCC(C#N)c1ccc(C(=O)OC)cc1. The molecule has 0 spiro atoms.